The molecule has 0 aliphatic carbocycles. The number of nitrogens with zero attached hydrogens (tertiary/aromatic N) is 1. The number of carbonyl (C=O) groups excluding carboxylic acids is 1. The first-order chi connectivity index (χ1) is 11.2. The maximum absolute atomic E-state index is 11.5. The molecule has 0 aliphatic heterocycles. The lowest BCUT2D eigenvalue weighted by molar-refractivity contribution is 0.100. The van der Waals surface area contributed by atoms with E-state index < -0.39 is 5.91 Å². The molecule has 1 amide bonds. The van der Waals surface area contributed by atoms with Crippen LogP contribution in [0.1, 0.15) is 29.3 Å². The number of hydrogen-bond acceptors (Lipinski definition) is 3. The molecule has 23 heavy (non-hydrogen) atoms. The van der Waals surface area contributed by atoms with Crippen molar-refractivity contribution in [2.24, 2.45) is 5.73 Å². The molecule has 2 aromatic carbocycles. The molecule has 0 unspecified atom stereocenters. The summed E-state index contributed by atoms with van der Waals surface area (Å²) in [7, 11) is 0. The summed E-state index contributed by atoms with van der Waals surface area (Å²) in [6, 6.07) is 13.6. The van der Waals surface area contributed by atoms with Crippen LogP contribution in [-0.2, 0) is 6.54 Å². The smallest absolute Gasteiger partial charge is 0.250 e. The van der Waals surface area contributed by atoms with Gasteiger partial charge in [0.05, 0.1) is 11.1 Å². The largest absolute Gasteiger partial charge is 0.366 e. The number of benzene rings is 2. The van der Waals surface area contributed by atoms with Crippen molar-refractivity contribution in [1.82, 2.24) is 15.3 Å². The average Bonchev–Trinajstić information content (AvgIpc) is 2.99. The number of carbonyl (C=O) groups is 1. The van der Waals surface area contributed by atoms with Crippen LogP contribution >= 0.6 is 0 Å². The van der Waals surface area contributed by atoms with Crippen LogP contribution in [0.25, 0.3) is 22.4 Å². The third-order valence-corrected chi connectivity index (χ3v) is 3.76. The summed E-state index contributed by atoms with van der Waals surface area (Å²) in [5.74, 6) is 0.271. The number of nitrogens with two attached hydrogens (primary N) is 1. The zero-order chi connectivity index (χ0) is 16.2. The summed E-state index contributed by atoms with van der Waals surface area (Å²) in [4.78, 5) is 19.3. The Labute approximate surface area is 134 Å². The van der Waals surface area contributed by atoms with E-state index in [0.29, 0.717) is 11.1 Å². The third-order valence-electron chi connectivity index (χ3n) is 3.76. The monoisotopic (exact) mass is 308 g/mol. The second-order valence-corrected chi connectivity index (χ2v) is 5.53. The Morgan fingerprint density at radius 1 is 1.22 bits per heavy atom. The summed E-state index contributed by atoms with van der Waals surface area (Å²) >= 11 is 0. The molecule has 0 saturated carbocycles. The minimum absolute atomic E-state index is 0.436. The van der Waals surface area contributed by atoms with Gasteiger partial charge >= 0.3 is 0 Å². The van der Waals surface area contributed by atoms with Crippen LogP contribution in [0.2, 0.25) is 0 Å². The fourth-order valence-electron chi connectivity index (χ4n) is 2.56. The molecule has 0 radical (unpaired) electrons. The van der Waals surface area contributed by atoms with Gasteiger partial charge in [0.2, 0.25) is 0 Å². The summed E-state index contributed by atoms with van der Waals surface area (Å²) in [6.07, 6.45) is 1.12. The highest BCUT2D eigenvalue weighted by molar-refractivity contribution is 6.04. The Hall–Kier alpha value is -2.66. The molecule has 1 aromatic heterocycles. The first kappa shape index (κ1) is 15.2. The SMILES string of the molecule is CCCNCc1ccc(-c2nc3c(C(N)=O)cccc3[nH]2)cc1. The van der Waals surface area contributed by atoms with Crippen LogP contribution in [-0.4, -0.2) is 22.4 Å². The molecule has 0 aliphatic rings. The number of aromatic nitrogens is 2. The van der Waals surface area contributed by atoms with Gasteiger partial charge in [-0.25, -0.2) is 4.98 Å². The van der Waals surface area contributed by atoms with Crippen molar-refractivity contribution in [3.63, 3.8) is 0 Å². The minimum Gasteiger partial charge on any atom is -0.366 e. The summed E-state index contributed by atoms with van der Waals surface area (Å²) in [5, 5.41) is 3.38. The molecule has 1 heterocycles. The van der Waals surface area contributed by atoms with Crippen LogP contribution < -0.4 is 11.1 Å². The van der Waals surface area contributed by atoms with Gasteiger partial charge in [0, 0.05) is 12.1 Å². The number of imidazole rings is 1. The molecule has 5 nitrogen and oxygen atoms in total. The third kappa shape index (κ3) is 3.24. The van der Waals surface area contributed by atoms with Crippen LogP contribution in [0.15, 0.2) is 42.5 Å². The number of fused-ring (bicyclic) bond motifs is 1. The summed E-state index contributed by atoms with van der Waals surface area (Å²) in [6.45, 7) is 4.03. The van der Waals surface area contributed by atoms with Crippen molar-refractivity contribution < 1.29 is 4.79 Å². The number of para-hydroxylation sites is 1. The van der Waals surface area contributed by atoms with Crippen molar-refractivity contribution in [1.29, 1.82) is 0 Å². The molecule has 118 valence electrons. The van der Waals surface area contributed by atoms with Crippen LogP contribution in [0.4, 0.5) is 0 Å². The maximum Gasteiger partial charge on any atom is 0.250 e. The second kappa shape index (κ2) is 6.62. The number of primary amides is 1. The predicted molar refractivity (Wildman–Crippen MR) is 92.0 cm³/mol. The first-order valence-corrected chi connectivity index (χ1v) is 7.77. The fraction of sp³-hybridized carbons (Fsp3) is 0.222. The van der Waals surface area contributed by atoms with E-state index in [9.17, 15) is 4.79 Å². The Balaban J connectivity index is 1.88. The zero-order valence-electron chi connectivity index (χ0n) is 13.1. The summed E-state index contributed by atoms with van der Waals surface area (Å²) < 4.78 is 0. The van der Waals surface area contributed by atoms with Crippen LogP contribution in [0.3, 0.4) is 0 Å². The van der Waals surface area contributed by atoms with E-state index in [0.717, 1.165) is 36.4 Å². The molecule has 3 aromatic rings. The molecule has 0 bridgehead atoms. The predicted octanol–water partition coefficient (Wildman–Crippen LogP) is 2.83. The van der Waals surface area contributed by atoms with Gasteiger partial charge in [-0.05, 0) is 30.7 Å². The maximum atomic E-state index is 11.5. The van der Waals surface area contributed by atoms with E-state index in [4.69, 9.17) is 5.73 Å². The first-order valence-electron chi connectivity index (χ1n) is 7.77. The Morgan fingerprint density at radius 2 is 2.00 bits per heavy atom. The highest BCUT2D eigenvalue weighted by Crippen LogP contribution is 2.23. The van der Waals surface area contributed by atoms with Crippen molar-refractivity contribution in [2.75, 3.05) is 6.54 Å². The van der Waals surface area contributed by atoms with Crippen molar-refractivity contribution in [3.05, 3.63) is 53.6 Å². The fourth-order valence-corrected chi connectivity index (χ4v) is 2.56. The summed E-state index contributed by atoms with van der Waals surface area (Å²) in [5.41, 5.74) is 9.48. The molecular formula is C18H20N4O. The van der Waals surface area contributed by atoms with E-state index >= 15 is 0 Å². The van der Waals surface area contributed by atoms with Gasteiger partial charge in [0.25, 0.3) is 5.91 Å². The number of amides is 1. The quantitative estimate of drug-likeness (QED) is 0.612. The van der Waals surface area contributed by atoms with Gasteiger partial charge in [-0.3, -0.25) is 4.79 Å². The standard InChI is InChI=1S/C18H20N4O/c1-2-10-20-11-12-6-8-13(9-7-12)18-21-15-5-3-4-14(17(19)23)16(15)22-18/h3-9,20H,2,10-11H2,1H3,(H2,19,23)(H,21,22). The Bertz CT molecular complexity index is 821. The average molecular weight is 308 g/mol. The number of H-pyrrole nitrogens is 1. The van der Waals surface area contributed by atoms with Gasteiger partial charge in [0.15, 0.2) is 0 Å². The number of rotatable bonds is 6. The van der Waals surface area contributed by atoms with Gasteiger partial charge in [-0.15, -0.1) is 0 Å². The Kier molecular flexibility index (Phi) is 4.39. The van der Waals surface area contributed by atoms with E-state index in [1.165, 1.54) is 5.56 Å². The van der Waals surface area contributed by atoms with Gasteiger partial charge in [-0.2, -0.15) is 0 Å². The molecule has 0 saturated heterocycles. The van der Waals surface area contributed by atoms with Crippen molar-refractivity contribution >= 4 is 16.9 Å². The molecule has 4 N–H and O–H groups in total. The lowest BCUT2D eigenvalue weighted by atomic mass is 10.1. The van der Waals surface area contributed by atoms with Crippen LogP contribution in [0, 0.1) is 0 Å². The van der Waals surface area contributed by atoms with Crippen molar-refractivity contribution in [3.8, 4) is 11.4 Å². The van der Waals surface area contributed by atoms with E-state index in [1.54, 1.807) is 12.1 Å². The molecule has 0 atom stereocenters. The lowest BCUT2D eigenvalue weighted by Gasteiger charge is -2.04. The topological polar surface area (TPSA) is 83.8 Å². The Morgan fingerprint density at radius 3 is 2.70 bits per heavy atom. The number of hydrogen-bond donors (Lipinski definition) is 3. The van der Waals surface area contributed by atoms with Crippen LogP contribution in [0.5, 0.6) is 0 Å². The van der Waals surface area contributed by atoms with Crippen molar-refractivity contribution in [2.45, 2.75) is 19.9 Å². The zero-order valence-corrected chi connectivity index (χ0v) is 13.1. The van der Waals surface area contributed by atoms with Gasteiger partial charge < -0.3 is 16.0 Å². The number of nitrogens with one attached hydrogen (secondary N) is 2. The van der Waals surface area contributed by atoms with E-state index in [-0.39, 0.29) is 0 Å². The highest BCUT2D eigenvalue weighted by atomic mass is 16.1. The molecule has 3 rings (SSSR count). The van der Waals surface area contributed by atoms with Gasteiger partial charge in [-0.1, -0.05) is 37.3 Å². The molecular weight excluding hydrogens is 288 g/mol. The van der Waals surface area contributed by atoms with E-state index in [2.05, 4.69) is 34.3 Å². The second-order valence-electron chi connectivity index (χ2n) is 5.53. The lowest BCUT2D eigenvalue weighted by Crippen LogP contribution is -2.13. The minimum atomic E-state index is -0.467. The highest BCUT2D eigenvalue weighted by Gasteiger charge is 2.11. The molecule has 0 spiro atoms. The van der Waals surface area contributed by atoms with E-state index in [1.807, 2.05) is 18.2 Å². The normalized spacial score (nSPS) is 11.0. The number of aromatic amines is 1. The van der Waals surface area contributed by atoms with Gasteiger partial charge in [0.1, 0.15) is 11.3 Å². The molecule has 5 heteroatoms. The molecule has 0 fully saturated rings.